The van der Waals surface area contributed by atoms with Crippen LogP contribution in [0.15, 0.2) is 24.3 Å². The maximum atomic E-state index is 11.8. The van der Waals surface area contributed by atoms with Crippen molar-refractivity contribution in [1.82, 2.24) is 10.6 Å². The highest BCUT2D eigenvalue weighted by molar-refractivity contribution is 5.94. The number of methoxy groups -OCH3 is 1. The average Bonchev–Trinajstić information content (AvgIpc) is 2.35. The van der Waals surface area contributed by atoms with Gasteiger partial charge in [-0.15, -0.1) is 0 Å². The van der Waals surface area contributed by atoms with E-state index in [1.54, 1.807) is 7.11 Å². The van der Waals surface area contributed by atoms with E-state index in [1.807, 2.05) is 31.2 Å². The molecule has 0 aliphatic carbocycles. The first-order chi connectivity index (χ1) is 8.27. The smallest absolute Gasteiger partial charge is 0.251 e. The highest BCUT2D eigenvalue weighted by Gasteiger charge is 2.04. The van der Waals surface area contributed by atoms with Crippen molar-refractivity contribution in [3.05, 3.63) is 35.4 Å². The van der Waals surface area contributed by atoms with E-state index in [0.29, 0.717) is 18.7 Å². The van der Waals surface area contributed by atoms with Gasteiger partial charge in [0.15, 0.2) is 0 Å². The number of rotatable bonds is 7. The third-order valence-corrected chi connectivity index (χ3v) is 2.34. The number of carbonyl (C=O) groups excluding carboxylic acids is 1. The molecule has 0 heterocycles. The van der Waals surface area contributed by atoms with Crippen LogP contribution in [0.1, 0.15) is 22.8 Å². The van der Waals surface area contributed by atoms with Crippen LogP contribution in [-0.2, 0) is 11.3 Å². The highest BCUT2D eigenvalue weighted by atomic mass is 16.5. The molecule has 2 N–H and O–H groups in total. The molecule has 1 aromatic rings. The molecular weight excluding hydrogens is 216 g/mol. The average molecular weight is 236 g/mol. The highest BCUT2D eigenvalue weighted by Crippen LogP contribution is 2.06. The number of hydrogen-bond donors (Lipinski definition) is 2. The van der Waals surface area contributed by atoms with Crippen LogP contribution in [0.4, 0.5) is 0 Å². The first kappa shape index (κ1) is 13.7. The molecule has 1 rings (SSSR count). The van der Waals surface area contributed by atoms with Crippen molar-refractivity contribution >= 4 is 5.91 Å². The van der Waals surface area contributed by atoms with Gasteiger partial charge >= 0.3 is 0 Å². The standard InChI is InChI=1S/C13H20N2O2/c1-3-14-7-8-15-13(16)12-6-4-5-11(9-12)10-17-2/h4-6,9,14H,3,7-8,10H2,1-2H3,(H,15,16). The molecule has 1 aromatic carbocycles. The van der Waals surface area contributed by atoms with Crippen LogP contribution in [0.2, 0.25) is 0 Å². The Morgan fingerprint density at radius 1 is 1.35 bits per heavy atom. The second-order valence-corrected chi connectivity index (χ2v) is 3.74. The molecular formula is C13H20N2O2. The molecule has 0 spiro atoms. The summed E-state index contributed by atoms with van der Waals surface area (Å²) in [5.74, 6) is -0.0409. The van der Waals surface area contributed by atoms with Crippen LogP contribution in [0.5, 0.6) is 0 Å². The van der Waals surface area contributed by atoms with E-state index in [9.17, 15) is 4.79 Å². The van der Waals surface area contributed by atoms with Crippen molar-refractivity contribution in [1.29, 1.82) is 0 Å². The summed E-state index contributed by atoms with van der Waals surface area (Å²) in [5, 5.41) is 6.01. The zero-order chi connectivity index (χ0) is 12.5. The first-order valence-electron chi connectivity index (χ1n) is 5.84. The van der Waals surface area contributed by atoms with Gasteiger partial charge in [-0.1, -0.05) is 19.1 Å². The Labute approximate surface area is 102 Å². The minimum absolute atomic E-state index is 0.0409. The molecule has 0 aliphatic heterocycles. The number of amides is 1. The summed E-state index contributed by atoms with van der Waals surface area (Å²) in [5.41, 5.74) is 1.68. The lowest BCUT2D eigenvalue weighted by molar-refractivity contribution is 0.0953. The maximum absolute atomic E-state index is 11.8. The number of nitrogens with one attached hydrogen (secondary N) is 2. The van der Waals surface area contributed by atoms with Crippen molar-refractivity contribution in [2.45, 2.75) is 13.5 Å². The van der Waals surface area contributed by atoms with Gasteiger partial charge in [0.25, 0.3) is 5.91 Å². The second-order valence-electron chi connectivity index (χ2n) is 3.74. The van der Waals surface area contributed by atoms with Gasteiger partial charge in [0, 0.05) is 25.8 Å². The van der Waals surface area contributed by atoms with Gasteiger partial charge in [0.2, 0.25) is 0 Å². The van der Waals surface area contributed by atoms with E-state index in [4.69, 9.17) is 4.74 Å². The van der Waals surface area contributed by atoms with Crippen LogP contribution in [0.3, 0.4) is 0 Å². The van der Waals surface area contributed by atoms with Crippen molar-refractivity contribution in [3.63, 3.8) is 0 Å². The van der Waals surface area contributed by atoms with Crippen molar-refractivity contribution < 1.29 is 9.53 Å². The molecule has 94 valence electrons. The molecule has 0 unspecified atom stereocenters. The zero-order valence-electron chi connectivity index (χ0n) is 10.5. The predicted octanol–water partition coefficient (Wildman–Crippen LogP) is 1.17. The predicted molar refractivity (Wildman–Crippen MR) is 68.0 cm³/mol. The molecule has 0 aliphatic rings. The van der Waals surface area contributed by atoms with Crippen LogP contribution in [0, 0.1) is 0 Å². The molecule has 0 bridgehead atoms. The summed E-state index contributed by atoms with van der Waals surface area (Å²) in [6.07, 6.45) is 0. The molecule has 0 saturated carbocycles. The number of carbonyl (C=O) groups is 1. The lowest BCUT2D eigenvalue weighted by atomic mass is 10.1. The Morgan fingerprint density at radius 2 is 2.18 bits per heavy atom. The number of likely N-dealkylation sites (N-methyl/N-ethyl adjacent to an activating group) is 1. The molecule has 0 atom stereocenters. The maximum Gasteiger partial charge on any atom is 0.251 e. The van der Waals surface area contributed by atoms with Gasteiger partial charge < -0.3 is 15.4 Å². The molecule has 4 nitrogen and oxygen atoms in total. The van der Waals surface area contributed by atoms with Crippen LogP contribution in [0.25, 0.3) is 0 Å². The van der Waals surface area contributed by atoms with Gasteiger partial charge in [-0.2, -0.15) is 0 Å². The summed E-state index contributed by atoms with van der Waals surface area (Å²) >= 11 is 0. The Kier molecular flexibility index (Phi) is 6.29. The third-order valence-electron chi connectivity index (χ3n) is 2.34. The lowest BCUT2D eigenvalue weighted by Crippen LogP contribution is -2.31. The minimum atomic E-state index is -0.0409. The Morgan fingerprint density at radius 3 is 2.88 bits per heavy atom. The molecule has 0 radical (unpaired) electrons. The first-order valence-corrected chi connectivity index (χ1v) is 5.84. The fourth-order valence-corrected chi connectivity index (χ4v) is 1.51. The monoisotopic (exact) mass is 236 g/mol. The summed E-state index contributed by atoms with van der Waals surface area (Å²) in [6, 6.07) is 7.47. The second kappa shape index (κ2) is 7.81. The summed E-state index contributed by atoms with van der Waals surface area (Å²) in [7, 11) is 1.64. The van der Waals surface area contributed by atoms with Crippen LogP contribution >= 0.6 is 0 Å². The Hall–Kier alpha value is -1.39. The summed E-state index contributed by atoms with van der Waals surface area (Å²) in [6.45, 7) is 4.91. The zero-order valence-corrected chi connectivity index (χ0v) is 10.5. The summed E-state index contributed by atoms with van der Waals surface area (Å²) in [4.78, 5) is 11.8. The molecule has 0 aromatic heterocycles. The number of benzene rings is 1. The lowest BCUT2D eigenvalue weighted by Gasteiger charge is -2.07. The summed E-state index contributed by atoms with van der Waals surface area (Å²) < 4.78 is 5.03. The van der Waals surface area contributed by atoms with Gasteiger partial charge in [-0.25, -0.2) is 0 Å². The van der Waals surface area contributed by atoms with Gasteiger partial charge in [-0.05, 0) is 24.2 Å². The minimum Gasteiger partial charge on any atom is -0.380 e. The van der Waals surface area contributed by atoms with E-state index in [1.165, 1.54) is 0 Å². The van der Waals surface area contributed by atoms with E-state index in [0.717, 1.165) is 18.7 Å². The Bertz CT molecular complexity index is 353. The third kappa shape index (κ3) is 4.97. The molecule has 4 heteroatoms. The number of ether oxygens (including phenoxy) is 1. The largest absolute Gasteiger partial charge is 0.380 e. The van der Waals surface area contributed by atoms with E-state index in [-0.39, 0.29) is 5.91 Å². The molecule has 0 saturated heterocycles. The van der Waals surface area contributed by atoms with E-state index >= 15 is 0 Å². The van der Waals surface area contributed by atoms with Gasteiger partial charge in [0.05, 0.1) is 6.61 Å². The van der Waals surface area contributed by atoms with Gasteiger partial charge in [0.1, 0.15) is 0 Å². The number of hydrogen-bond acceptors (Lipinski definition) is 3. The fraction of sp³-hybridized carbons (Fsp3) is 0.462. The Balaban J connectivity index is 2.47. The van der Waals surface area contributed by atoms with Crippen molar-refractivity contribution in [2.75, 3.05) is 26.7 Å². The van der Waals surface area contributed by atoms with Crippen molar-refractivity contribution in [3.8, 4) is 0 Å². The van der Waals surface area contributed by atoms with Gasteiger partial charge in [-0.3, -0.25) is 4.79 Å². The SMILES string of the molecule is CCNCCNC(=O)c1cccc(COC)c1. The molecule has 1 amide bonds. The van der Waals surface area contributed by atoms with E-state index in [2.05, 4.69) is 10.6 Å². The quantitative estimate of drug-likeness (QED) is 0.699. The van der Waals surface area contributed by atoms with Crippen LogP contribution in [-0.4, -0.2) is 32.7 Å². The molecule has 17 heavy (non-hydrogen) atoms. The topological polar surface area (TPSA) is 50.4 Å². The van der Waals surface area contributed by atoms with E-state index < -0.39 is 0 Å². The van der Waals surface area contributed by atoms with Crippen molar-refractivity contribution in [2.24, 2.45) is 0 Å². The molecule has 0 fully saturated rings. The van der Waals surface area contributed by atoms with Crippen LogP contribution < -0.4 is 10.6 Å². The normalized spacial score (nSPS) is 10.2. The fourth-order valence-electron chi connectivity index (χ4n) is 1.51.